The minimum absolute atomic E-state index is 0.178. The zero-order valence-corrected chi connectivity index (χ0v) is 9.79. The van der Waals surface area contributed by atoms with Crippen LogP contribution < -0.4 is 0 Å². The van der Waals surface area contributed by atoms with Gasteiger partial charge < -0.3 is 9.84 Å². The lowest BCUT2D eigenvalue weighted by Crippen LogP contribution is -2.47. The normalized spacial score (nSPS) is 26.8. The average Bonchev–Trinajstić information content (AvgIpc) is 2.35. The van der Waals surface area contributed by atoms with Gasteiger partial charge in [-0.15, -0.1) is 0 Å². The minimum atomic E-state index is -0.315. The van der Waals surface area contributed by atoms with Crippen LogP contribution in [0.2, 0.25) is 0 Å². The Kier molecular flexibility index (Phi) is 2.68. The van der Waals surface area contributed by atoms with Gasteiger partial charge >= 0.3 is 0 Å². The second-order valence-electron chi connectivity index (χ2n) is 5.12. The molecule has 1 aliphatic carbocycles. The number of hydrogen-bond acceptors (Lipinski definition) is 2. The van der Waals surface area contributed by atoms with Crippen LogP contribution in [0.1, 0.15) is 30.4 Å². The van der Waals surface area contributed by atoms with Gasteiger partial charge in [0.05, 0.1) is 6.10 Å². The SMILES string of the molecule is OC1CCc2cc(F)ccc2C12CCOCC2. The van der Waals surface area contributed by atoms with Crippen LogP contribution in [0, 0.1) is 5.82 Å². The Balaban J connectivity index is 2.09. The molecule has 1 unspecified atom stereocenters. The fraction of sp³-hybridized carbons (Fsp3) is 0.571. The number of hydrogen-bond donors (Lipinski definition) is 1. The number of aliphatic hydroxyl groups excluding tert-OH is 1. The van der Waals surface area contributed by atoms with Crippen LogP contribution in [0.15, 0.2) is 18.2 Å². The van der Waals surface area contributed by atoms with Crippen molar-refractivity contribution in [1.29, 1.82) is 0 Å². The van der Waals surface area contributed by atoms with Crippen molar-refractivity contribution in [3.8, 4) is 0 Å². The Morgan fingerprint density at radius 1 is 1.29 bits per heavy atom. The van der Waals surface area contributed by atoms with Gasteiger partial charge in [0.2, 0.25) is 0 Å². The molecule has 3 heteroatoms. The molecule has 1 fully saturated rings. The molecule has 0 saturated carbocycles. The molecule has 1 N–H and O–H groups in total. The summed E-state index contributed by atoms with van der Waals surface area (Å²) in [5.41, 5.74) is 2.01. The second kappa shape index (κ2) is 4.07. The average molecular weight is 236 g/mol. The van der Waals surface area contributed by atoms with Crippen LogP contribution in [0.5, 0.6) is 0 Å². The molecule has 1 saturated heterocycles. The Morgan fingerprint density at radius 2 is 2.06 bits per heavy atom. The Labute approximate surface area is 100 Å². The van der Waals surface area contributed by atoms with Gasteiger partial charge in [0, 0.05) is 18.6 Å². The smallest absolute Gasteiger partial charge is 0.123 e. The zero-order chi connectivity index (χ0) is 11.9. The first-order valence-electron chi connectivity index (χ1n) is 6.27. The quantitative estimate of drug-likeness (QED) is 0.748. The fourth-order valence-corrected chi connectivity index (χ4v) is 3.34. The summed E-state index contributed by atoms with van der Waals surface area (Å²) in [6.07, 6.45) is 2.87. The molecule has 17 heavy (non-hydrogen) atoms. The van der Waals surface area contributed by atoms with Crippen LogP contribution in [0.25, 0.3) is 0 Å². The third kappa shape index (κ3) is 1.69. The Morgan fingerprint density at radius 3 is 2.82 bits per heavy atom. The lowest BCUT2D eigenvalue weighted by molar-refractivity contribution is -0.0238. The summed E-state index contributed by atoms with van der Waals surface area (Å²) in [6, 6.07) is 4.99. The molecule has 1 aromatic carbocycles. The predicted octanol–water partition coefficient (Wildman–Crippen LogP) is 2.18. The summed E-state index contributed by atoms with van der Waals surface area (Å²) in [5.74, 6) is -0.178. The molecule has 0 bridgehead atoms. The zero-order valence-electron chi connectivity index (χ0n) is 9.79. The van der Waals surface area contributed by atoms with E-state index in [9.17, 15) is 9.50 Å². The first kappa shape index (κ1) is 11.2. The predicted molar refractivity (Wildman–Crippen MR) is 62.5 cm³/mol. The molecule has 1 aliphatic heterocycles. The topological polar surface area (TPSA) is 29.5 Å². The monoisotopic (exact) mass is 236 g/mol. The molecular weight excluding hydrogens is 219 g/mol. The van der Waals surface area contributed by atoms with Gasteiger partial charge in [-0.05, 0) is 48.9 Å². The maximum atomic E-state index is 13.3. The van der Waals surface area contributed by atoms with Gasteiger partial charge in [-0.2, -0.15) is 0 Å². The van der Waals surface area contributed by atoms with E-state index in [0.29, 0.717) is 13.2 Å². The first-order chi connectivity index (χ1) is 8.22. The number of aliphatic hydroxyl groups is 1. The highest BCUT2D eigenvalue weighted by molar-refractivity contribution is 5.39. The van der Waals surface area contributed by atoms with Gasteiger partial charge in [0.25, 0.3) is 0 Å². The van der Waals surface area contributed by atoms with Crippen molar-refractivity contribution in [3.63, 3.8) is 0 Å². The Bertz CT molecular complexity index is 424. The highest BCUT2D eigenvalue weighted by atomic mass is 19.1. The van der Waals surface area contributed by atoms with E-state index < -0.39 is 0 Å². The van der Waals surface area contributed by atoms with Crippen LogP contribution in [-0.2, 0) is 16.6 Å². The third-order valence-electron chi connectivity index (χ3n) is 4.31. The van der Waals surface area contributed by atoms with Crippen molar-refractivity contribution >= 4 is 0 Å². The highest BCUT2D eigenvalue weighted by Crippen LogP contribution is 2.44. The number of halogens is 1. The van der Waals surface area contributed by atoms with Crippen LogP contribution in [-0.4, -0.2) is 24.4 Å². The van der Waals surface area contributed by atoms with Crippen molar-refractivity contribution in [2.45, 2.75) is 37.2 Å². The third-order valence-corrected chi connectivity index (χ3v) is 4.31. The van der Waals surface area contributed by atoms with Crippen LogP contribution in [0.3, 0.4) is 0 Å². The van der Waals surface area contributed by atoms with Gasteiger partial charge in [0.15, 0.2) is 0 Å². The Hall–Kier alpha value is -0.930. The first-order valence-corrected chi connectivity index (χ1v) is 6.27. The maximum absolute atomic E-state index is 13.3. The standard InChI is InChI=1S/C14H17FO2/c15-11-2-3-12-10(9-11)1-4-13(16)14(12)5-7-17-8-6-14/h2-3,9,13,16H,1,4-8H2. The van der Waals surface area contributed by atoms with E-state index >= 15 is 0 Å². The van der Waals surface area contributed by atoms with Crippen molar-refractivity contribution in [2.75, 3.05) is 13.2 Å². The van der Waals surface area contributed by atoms with Gasteiger partial charge in [-0.25, -0.2) is 4.39 Å². The van der Waals surface area contributed by atoms with Crippen molar-refractivity contribution in [2.24, 2.45) is 0 Å². The van der Waals surface area contributed by atoms with E-state index in [1.165, 1.54) is 6.07 Å². The molecule has 1 atom stereocenters. The summed E-state index contributed by atoms with van der Waals surface area (Å²) in [4.78, 5) is 0. The lowest BCUT2D eigenvalue weighted by Gasteiger charge is -2.45. The van der Waals surface area contributed by atoms with E-state index in [0.717, 1.165) is 36.8 Å². The number of fused-ring (bicyclic) bond motifs is 2. The molecule has 1 spiro atoms. The molecule has 2 aliphatic rings. The molecule has 1 heterocycles. The summed E-state index contributed by atoms with van der Waals surface area (Å²) in [6.45, 7) is 1.38. The van der Waals surface area contributed by atoms with Gasteiger partial charge in [0.1, 0.15) is 5.82 Å². The van der Waals surface area contributed by atoms with Crippen molar-refractivity contribution in [1.82, 2.24) is 0 Å². The van der Waals surface area contributed by atoms with Gasteiger partial charge in [-0.3, -0.25) is 0 Å². The summed E-state index contributed by atoms with van der Waals surface area (Å²) in [7, 11) is 0. The van der Waals surface area contributed by atoms with E-state index in [1.54, 1.807) is 6.07 Å². The molecule has 92 valence electrons. The highest BCUT2D eigenvalue weighted by Gasteiger charge is 2.44. The number of aryl methyl sites for hydroxylation is 1. The van der Waals surface area contributed by atoms with Crippen LogP contribution >= 0.6 is 0 Å². The summed E-state index contributed by atoms with van der Waals surface area (Å²) in [5, 5.41) is 10.4. The maximum Gasteiger partial charge on any atom is 0.123 e. The van der Waals surface area contributed by atoms with Crippen molar-refractivity contribution < 1.29 is 14.2 Å². The van der Waals surface area contributed by atoms with Crippen molar-refractivity contribution in [3.05, 3.63) is 35.1 Å². The van der Waals surface area contributed by atoms with E-state index in [2.05, 4.69) is 0 Å². The molecule has 3 rings (SSSR count). The molecular formula is C14H17FO2. The lowest BCUT2D eigenvalue weighted by atomic mass is 9.64. The summed E-state index contributed by atoms with van der Waals surface area (Å²) >= 11 is 0. The largest absolute Gasteiger partial charge is 0.392 e. The number of rotatable bonds is 0. The van der Waals surface area contributed by atoms with E-state index in [-0.39, 0.29) is 17.3 Å². The molecule has 1 aromatic rings. The van der Waals surface area contributed by atoms with Gasteiger partial charge in [-0.1, -0.05) is 6.07 Å². The number of benzene rings is 1. The minimum Gasteiger partial charge on any atom is -0.392 e. The molecule has 0 radical (unpaired) electrons. The van der Waals surface area contributed by atoms with E-state index in [4.69, 9.17) is 4.74 Å². The molecule has 2 nitrogen and oxygen atoms in total. The van der Waals surface area contributed by atoms with E-state index in [1.807, 2.05) is 6.07 Å². The second-order valence-corrected chi connectivity index (χ2v) is 5.12. The summed E-state index contributed by atoms with van der Waals surface area (Å²) < 4.78 is 18.7. The fourth-order valence-electron chi connectivity index (χ4n) is 3.34. The van der Waals surface area contributed by atoms with Crippen LogP contribution in [0.4, 0.5) is 4.39 Å². The number of ether oxygens (including phenoxy) is 1. The molecule has 0 amide bonds. The molecule has 0 aromatic heterocycles.